The van der Waals surface area contributed by atoms with Crippen molar-refractivity contribution in [2.24, 2.45) is 0 Å². The predicted octanol–water partition coefficient (Wildman–Crippen LogP) is 19.3. The Morgan fingerprint density at radius 2 is 0.299 bits per heavy atom. The summed E-state index contributed by atoms with van der Waals surface area (Å²) in [5, 5.41) is 88.5. The first kappa shape index (κ1) is 29.6. The van der Waals surface area contributed by atoms with Crippen LogP contribution in [0.3, 0.4) is 0 Å². The second kappa shape index (κ2) is 6.82. The average Bonchev–Trinajstić information content (AvgIpc) is 2.95. The second-order valence-electron chi connectivity index (χ2n) is 27.5. The predicted molar refractivity (Wildman–Crippen MR) is 321 cm³/mol. The third-order valence-electron chi connectivity index (χ3n) is 27.4. The van der Waals surface area contributed by atoms with Crippen molar-refractivity contribution in [1.29, 1.82) is 0 Å². The lowest BCUT2D eigenvalue weighted by Gasteiger charge is -2.32. The number of rotatable bonds is 4. The summed E-state index contributed by atoms with van der Waals surface area (Å²) in [6, 6.07) is 19.4. The van der Waals surface area contributed by atoms with E-state index in [1.807, 2.05) is 14.2 Å². The van der Waals surface area contributed by atoms with Gasteiger partial charge in [0.05, 0.1) is 30.5 Å². The molecule has 2 nitrogen and oxygen atoms in total. The van der Waals surface area contributed by atoms with Crippen molar-refractivity contribution in [1.82, 2.24) is 0 Å². The first-order valence-electron chi connectivity index (χ1n) is 28.4. The number of benzene rings is 20. The quantitative estimate of drug-likeness (QED) is 0.164. The first-order valence-corrected chi connectivity index (χ1v) is 28.4. The molecular formula is C75H14O2. The fourth-order valence-corrected chi connectivity index (χ4v) is 27.3. The molecule has 1 fully saturated rings. The summed E-state index contributed by atoms with van der Waals surface area (Å²) in [4.78, 5) is 0. The van der Waals surface area contributed by atoms with Crippen LogP contribution >= 0.6 is 0 Å². The summed E-state index contributed by atoms with van der Waals surface area (Å²) in [7, 11) is 3.69. The SMILES string of the molecule is COc1ccc(C2(c3ccc(OC)cc3)C34c5c6c7c8c9c%10c(c%11c%12c3c3c5c5c%13c6c6c7c7c9c9c%14c%10c%10c%11c%11c%12c%12c3c3c5c5c%13c%13c6c6c7c9c7c9c%14c%10c%10c%11c%11c%12c3c3c5c5c%13c6c7c6c9c%10c%11c3c56)C824)cc1. The third-order valence-corrected chi connectivity index (χ3v) is 27.4. The molecule has 0 aliphatic heterocycles. The topological polar surface area (TPSA) is 18.5 Å². The third kappa shape index (κ3) is 1.60. The Morgan fingerprint density at radius 1 is 0.169 bits per heavy atom. The Bertz CT molecular complexity index is 7230. The maximum atomic E-state index is 6.13. The van der Waals surface area contributed by atoms with E-state index in [9.17, 15) is 0 Å². The van der Waals surface area contributed by atoms with Crippen molar-refractivity contribution in [2.75, 3.05) is 14.2 Å². The molecule has 0 bridgehead atoms. The fourth-order valence-electron chi connectivity index (χ4n) is 27.3. The van der Waals surface area contributed by atoms with Crippen LogP contribution in [-0.4, -0.2) is 14.2 Å². The monoisotopic (exact) mass is 946 g/mol. The van der Waals surface area contributed by atoms with E-state index in [1.165, 1.54) is 11.1 Å². The number of hydrogen-bond donors (Lipinski definition) is 0. The highest BCUT2D eigenvalue weighted by Crippen LogP contribution is 2.97. The summed E-state index contributed by atoms with van der Waals surface area (Å²) in [5.41, 5.74) is 8.35. The zero-order valence-corrected chi connectivity index (χ0v) is 39.9. The van der Waals surface area contributed by atoms with Crippen LogP contribution in [-0.2, 0) is 16.2 Å². The molecule has 77 heavy (non-hydrogen) atoms. The normalized spacial score (nSPS) is 19.4. The molecule has 1 saturated carbocycles. The van der Waals surface area contributed by atoms with E-state index in [-0.39, 0.29) is 0 Å². The maximum Gasteiger partial charge on any atom is 0.118 e. The van der Waals surface area contributed by atoms with E-state index in [4.69, 9.17) is 9.47 Å². The molecule has 0 heterocycles. The van der Waals surface area contributed by atoms with E-state index in [0.717, 1.165) is 11.5 Å². The van der Waals surface area contributed by atoms with Gasteiger partial charge >= 0.3 is 0 Å². The molecule has 2 heteroatoms. The molecule has 326 valence electrons. The number of hydrogen-bond acceptors (Lipinski definition) is 2. The molecule has 0 atom stereocenters. The Hall–Kier alpha value is -9.50. The zero-order chi connectivity index (χ0) is 46.4. The average molecular weight is 947 g/mol. The molecule has 35 rings (SSSR count). The summed E-state index contributed by atoms with van der Waals surface area (Å²) >= 11 is 0. The minimum absolute atomic E-state index is 0.422. The van der Waals surface area contributed by atoms with E-state index < -0.39 is 16.2 Å². The molecular weight excluding hydrogens is 933 g/mol. The van der Waals surface area contributed by atoms with Crippen LogP contribution in [0.2, 0.25) is 0 Å². The van der Waals surface area contributed by atoms with Gasteiger partial charge in [0.1, 0.15) is 11.5 Å². The van der Waals surface area contributed by atoms with E-state index in [1.54, 1.807) is 313 Å². The summed E-state index contributed by atoms with van der Waals surface area (Å²) in [5.74, 6) is 1.85. The van der Waals surface area contributed by atoms with Crippen molar-refractivity contribution in [3.63, 3.8) is 0 Å². The van der Waals surface area contributed by atoms with Crippen LogP contribution in [0, 0.1) is 0 Å². The standard InChI is InChI=1S/C75H14O2/c1-76-13-7-3-11(4-8-13)73(12-5-9-14(77-2)10-6-12)74-69-61-53-43-33-25-17-15-16-19-23-21(17)29-37-31(23)41-35-27(19)28-20(16)24-22-18(15)26(25)34-40-30(22)38-32(24)42-36(28)46-45(35)55-49(41)59-51(37)57(47(53)39(29)33)65(69)67(59)71-63(55)64-56(46)50(42)60-52(38)58-48(40)54(44(34)43)62(61)70(74)66(58)68(60)72(64)75(71,73)74/h3-10H,1-2H3. The Balaban J connectivity index is 1.10. The molecule has 0 aromatic heterocycles. The smallest absolute Gasteiger partial charge is 0.118 e. The first-order chi connectivity index (χ1) is 38.3. The van der Waals surface area contributed by atoms with Gasteiger partial charge in [0.25, 0.3) is 0 Å². The van der Waals surface area contributed by atoms with E-state index in [2.05, 4.69) is 48.5 Å². The lowest BCUT2D eigenvalue weighted by molar-refractivity contribution is 0.414. The second-order valence-corrected chi connectivity index (χ2v) is 27.5. The molecule has 0 radical (unpaired) electrons. The number of ether oxygens (including phenoxy) is 2. The fraction of sp³-hybridized carbons (Fsp3) is 0.0667. The maximum absolute atomic E-state index is 6.13. The molecule has 30 aromatic rings. The molecule has 5 aliphatic rings. The lowest BCUT2D eigenvalue weighted by Crippen LogP contribution is -2.27. The van der Waals surface area contributed by atoms with Gasteiger partial charge in [0, 0.05) is 0 Å². The van der Waals surface area contributed by atoms with Gasteiger partial charge in [-0.3, -0.25) is 0 Å². The molecule has 0 unspecified atom stereocenters. The zero-order valence-electron chi connectivity index (χ0n) is 39.9. The van der Waals surface area contributed by atoms with Gasteiger partial charge in [-0.1, -0.05) is 24.3 Å². The van der Waals surface area contributed by atoms with Gasteiger partial charge in [0.2, 0.25) is 0 Å². The van der Waals surface area contributed by atoms with E-state index in [0.29, 0.717) is 0 Å². The largest absolute Gasteiger partial charge is 0.497 e. The Labute approximate surface area is 421 Å². The van der Waals surface area contributed by atoms with E-state index >= 15 is 0 Å². The minimum Gasteiger partial charge on any atom is -0.497 e. The number of methoxy groups -OCH3 is 2. The highest BCUT2D eigenvalue weighted by atomic mass is 16.5. The molecule has 30 aromatic carbocycles. The van der Waals surface area contributed by atoms with Crippen molar-refractivity contribution >= 4 is 291 Å². The van der Waals surface area contributed by atoms with Crippen LogP contribution in [0.15, 0.2) is 48.5 Å². The van der Waals surface area contributed by atoms with Crippen molar-refractivity contribution < 1.29 is 9.47 Å². The van der Waals surface area contributed by atoms with Gasteiger partial charge in [-0.2, -0.15) is 0 Å². The van der Waals surface area contributed by atoms with Crippen LogP contribution in [0.4, 0.5) is 0 Å². The van der Waals surface area contributed by atoms with Crippen molar-refractivity contribution in [3.8, 4) is 11.5 Å². The highest BCUT2D eigenvalue weighted by Gasteiger charge is 2.95. The van der Waals surface area contributed by atoms with Gasteiger partial charge in [-0.05, 0) is 349 Å². The highest BCUT2D eigenvalue weighted by molar-refractivity contribution is 6.82. The lowest BCUT2D eigenvalue weighted by atomic mass is 9.68. The van der Waals surface area contributed by atoms with Gasteiger partial charge in [-0.15, -0.1) is 0 Å². The van der Waals surface area contributed by atoms with Crippen LogP contribution in [0.25, 0.3) is 291 Å². The Morgan fingerprint density at radius 3 is 0.429 bits per heavy atom. The summed E-state index contributed by atoms with van der Waals surface area (Å²) in [6.45, 7) is 0. The summed E-state index contributed by atoms with van der Waals surface area (Å²) in [6.07, 6.45) is 0. The van der Waals surface area contributed by atoms with Gasteiger partial charge < -0.3 is 9.47 Å². The van der Waals surface area contributed by atoms with Crippen LogP contribution < -0.4 is 9.47 Å². The van der Waals surface area contributed by atoms with Crippen LogP contribution in [0.5, 0.6) is 11.5 Å². The van der Waals surface area contributed by atoms with Gasteiger partial charge in [-0.25, -0.2) is 0 Å². The Kier molecular flexibility index (Phi) is 2.62. The molecule has 0 amide bonds. The molecule has 0 N–H and O–H groups in total. The van der Waals surface area contributed by atoms with Gasteiger partial charge in [0.15, 0.2) is 0 Å². The van der Waals surface area contributed by atoms with Crippen LogP contribution in [0.1, 0.15) is 33.4 Å². The molecule has 5 aliphatic carbocycles. The van der Waals surface area contributed by atoms with Crippen molar-refractivity contribution in [3.05, 3.63) is 81.9 Å². The van der Waals surface area contributed by atoms with Crippen molar-refractivity contribution in [2.45, 2.75) is 16.2 Å². The summed E-state index contributed by atoms with van der Waals surface area (Å²) < 4.78 is 12.3. The molecule has 2 spiro atoms. The molecule has 0 saturated heterocycles. The minimum atomic E-state index is -0.497.